The molecule has 2 aliphatic rings. The van der Waals surface area contributed by atoms with Crippen LogP contribution in [0.3, 0.4) is 0 Å². The number of benzene rings is 2. The molecule has 146 valence electrons. The highest BCUT2D eigenvalue weighted by molar-refractivity contribution is 6.31. The molecule has 2 aromatic carbocycles. The van der Waals surface area contributed by atoms with Gasteiger partial charge in [-0.05, 0) is 48.2 Å². The Kier molecular flexibility index (Phi) is 5.88. The van der Waals surface area contributed by atoms with Gasteiger partial charge in [-0.1, -0.05) is 59.0 Å². The second kappa shape index (κ2) is 8.54. The van der Waals surface area contributed by atoms with Crippen LogP contribution in [0, 0.1) is 5.92 Å². The van der Waals surface area contributed by atoms with Gasteiger partial charge < -0.3 is 9.74 Å². The Balaban J connectivity index is 1.43. The van der Waals surface area contributed by atoms with E-state index in [1.165, 1.54) is 0 Å². The number of oxime groups is 1. The van der Waals surface area contributed by atoms with E-state index in [0.717, 1.165) is 36.1 Å². The summed E-state index contributed by atoms with van der Waals surface area (Å²) >= 11 is 12.1. The number of carbonyl (C=O) groups excluding carboxylic acids is 1. The topological polar surface area (TPSA) is 41.9 Å². The summed E-state index contributed by atoms with van der Waals surface area (Å²) in [5.41, 5.74) is 2.91. The highest BCUT2D eigenvalue weighted by atomic mass is 35.5. The molecular weight excluding hydrogens is 395 g/mol. The Morgan fingerprint density at radius 2 is 1.89 bits per heavy atom. The lowest BCUT2D eigenvalue weighted by Gasteiger charge is -2.32. The first-order chi connectivity index (χ1) is 13.6. The summed E-state index contributed by atoms with van der Waals surface area (Å²) in [6, 6.07) is 15.2. The van der Waals surface area contributed by atoms with Crippen molar-refractivity contribution in [2.75, 3.05) is 6.54 Å². The highest BCUT2D eigenvalue weighted by Crippen LogP contribution is 2.30. The van der Waals surface area contributed by atoms with Gasteiger partial charge in [0.25, 0.3) is 0 Å². The van der Waals surface area contributed by atoms with Crippen molar-refractivity contribution in [2.24, 2.45) is 11.1 Å². The second-order valence-corrected chi connectivity index (χ2v) is 8.33. The molecule has 1 atom stereocenters. The fourth-order valence-corrected chi connectivity index (χ4v) is 3.93. The van der Waals surface area contributed by atoms with Crippen molar-refractivity contribution in [3.05, 3.63) is 69.7 Å². The van der Waals surface area contributed by atoms with Gasteiger partial charge in [-0.15, -0.1) is 0 Å². The Hall–Kier alpha value is -2.04. The lowest BCUT2D eigenvalue weighted by atomic mass is 9.84. The molecule has 1 heterocycles. The van der Waals surface area contributed by atoms with Gasteiger partial charge in [-0.2, -0.15) is 0 Å². The van der Waals surface area contributed by atoms with Crippen molar-refractivity contribution >= 4 is 34.8 Å². The Morgan fingerprint density at radius 3 is 2.57 bits per heavy atom. The quantitative estimate of drug-likeness (QED) is 0.639. The summed E-state index contributed by atoms with van der Waals surface area (Å²) in [6.45, 7) is 1.05. The van der Waals surface area contributed by atoms with Crippen LogP contribution in [0.2, 0.25) is 10.0 Å². The SMILES string of the molecule is O=C(C1CCC1)N(Cc1cccc(Cl)c1)CC1CC(c2ccc(Cl)cc2)=NO1. The van der Waals surface area contributed by atoms with Crippen LogP contribution in [0.15, 0.2) is 53.7 Å². The molecule has 1 aliphatic carbocycles. The maximum absolute atomic E-state index is 13.0. The number of carbonyl (C=O) groups is 1. The third-order valence-corrected chi connectivity index (χ3v) is 5.85. The molecule has 0 saturated heterocycles. The fourth-order valence-electron chi connectivity index (χ4n) is 3.59. The van der Waals surface area contributed by atoms with E-state index < -0.39 is 0 Å². The minimum atomic E-state index is -0.145. The van der Waals surface area contributed by atoms with Gasteiger partial charge in [-0.25, -0.2) is 0 Å². The van der Waals surface area contributed by atoms with E-state index in [9.17, 15) is 4.79 Å². The third kappa shape index (κ3) is 4.50. The van der Waals surface area contributed by atoms with Crippen LogP contribution >= 0.6 is 23.2 Å². The van der Waals surface area contributed by atoms with Crippen LogP contribution in [-0.4, -0.2) is 29.2 Å². The molecule has 1 fully saturated rings. The molecule has 1 saturated carbocycles. The average Bonchev–Trinajstić information content (AvgIpc) is 3.09. The molecule has 0 radical (unpaired) electrons. The van der Waals surface area contributed by atoms with Gasteiger partial charge in [0, 0.05) is 28.9 Å². The largest absolute Gasteiger partial charge is 0.390 e. The number of hydrogen-bond acceptors (Lipinski definition) is 3. The first kappa shape index (κ1) is 19.3. The molecule has 1 aliphatic heterocycles. The smallest absolute Gasteiger partial charge is 0.226 e. The lowest BCUT2D eigenvalue weighted by Crippen LogP contribution is -2.42. The molecule has 0 aromatic heterocycles. The van der Waals surface area contributed by atoms with Gasteiger partial charge in [0.2, 0.25) is 5.91 Å². The molecule has 1 amide bonds. The van der Waals surface area contributed by atoms with Crippen molar-refractivity contribution in [3.8, 4) is 0 Å². The monoisotopic (exact) mass is 416 g/mol. The molecule has 4 nitrogen and oxygen atoms in total. The summed E-state index contributed by atoms with van der Waals surface area (Å²) in [5.74, 6) is 0.340. The summed E-state index contributed by atoms with van der Waals surface area (Å²) < 4.78 is 0. The Morgan fingerprint density at radius 1 is 1.11 bits per heavy atom. The molecule has 0 N–H and O–H groups in total. The molecule has 2 aromatic rings. The number of nitrogens with zero attached hydrogens (tertiary/aromatic N) is 2. The van der Waals surface area contributed by atoms with Crippen molar-refractivity contribution in [1.29, 1.82) is 0 Å². The van der Waals surface area contributed by atoms with E-state index in [-0.39, 0.29) is 17.9 Å². The van der Waals surface area contributed by atoms with Crippen LogP contribution in [0.1, 0.15) is 36.8 Å². The second-order valence-electron chi connectivity index (χ2n) is 7.45. The molecule has 0 spiro atoms. The molecule has 4 rings (SSSR count). The zero-order valence-corrected chi connectivity index (χ0v) is 17.0. The van der Waals surface area contributed by atoms with Gasteiger partial charge in [0.1, 0.15) is 0 Å². The van der Waals surface area contributed by atoms with E-state index in [1.54, 1.807) is 0 Å². The fraction of sp³-hybridized carbons (Fsp3) is 0.364. The van der Waals surface area contributed by atoms with Crippen molar-refractivity contribution in [1.82, 2.24) is 4.90 Å². The zero-order valence-electron chi connectivity index (χ0n) is 15.5. The van der Waals surface area contributed by atoms with Gasteiger partial charge in [-0.3, -0.25) is 4.79 Å². The summed E-state index contributed by atoms with van der Waals surface area (Å²) in [4.78, 5) is 20.5. The van der Waals surface area contributed by atoms with Crippen molar-refractivity contribution in [3.63, 3.8) is 0 Å². The molecule has 6 heteroatoms. The van der Waals surface area contributed by atoms with Gasteiger partial charge in [0.05, 0.1) is 12.3 Å². The van der Waals surface area contributed by atoms with E-state index >= 15 is 0 Å². The van der Waals surface area contributed by atoms with Crippen LogP contribution in [0.5, 0.6) is 0 Å². The predicted molar refractivity (Wildman–Crippen MR) is 112 cm³/mol. The van der Waals surface area contributed by atoms with Crippen molar-refractivity contribution < 1.29 is 9.63 Å². The molecular formula is C22H22Cl2N2O2. The minimum absolute atomic E-state index is 0.136. The lowest BCUT2D eigenvalue weighted by molar-refractivity contribution is -0.140. The van der Waals surface area contributed by atoms with E-state index in [2.05, 4.69) is 5.16 Å². The van der Waals surface area contributed by atoms with E-state index in [1.807, 2.05) is 53.4 Å². The van der Waals surface area contributed by atoms with Gasteiger partial charge in [0.15, 0.2) is 6.10 Å². The normalized spacial score (nSPS) is 18.9. The van der Waals surface area contributed by atoms with Gasteiger partial charge >= 0.3 is 0 Å². The number of amides is 1. The first-order valence-electron chi connectivity index (χ1n) is 9.60. The summed E-state index contributed by atoms with van der Waals surface area (Å²) in [6.07, 6.45) is 3.61. The van der Waals surface area contributed by atoms with E-state index in [4.69, 9.17) is 28.0 Å². The summed E-state index contributed by atoms with van der Waals surface area (Å²) in [7, 11) is 0. The summed E-state index contributed by atoms with van der Waals surface area (Å²) in [5, 5.41) is 5.62. The third-order valence-electron chi connectivity index (χ3n) is 5.36. The number of halogens is 2. The van der Waals surface area contributed by atoms with Crippen molar-refractivity contribution in [2.45, 2.75) is 38.3 Å². The highest BCUT2D eigenvalue weighted by Gasteiger charge is 2.33. The molecule has 0 bridgehead atoms. The standard InChI is InChI=1S/C22H22Cl2N2O2/c23-18-9-7-16(8-10-18)21-12-20(28-25-21)14-26(22(27)17-4-2-5-17)13-15-3-1-6-19(24)11-15/h1,3,6-11,17,20H,2,4-5,12-14H2. The molecule has 1 unspecified atom stereocenters. The van der Waals surface area contributed by atoms with Crippen LogP contribution < -0.4 is 0 Å². The van der Waals surface area contributed by atoms with Crippen LogP contribution in [0.25, 0.3) is 0 Å². The minimum Gasteiger partial charge on any atom is -0.390 e. The maximum Gasteiger partial charge on any atom is 0.226 e. The average molecular weight is 417 g/mol. The molecule has 28 heavy (non-hydrogen) atoms. The number of rotatable bonds is 6. The predicted octanol–water partition coefficient (Wildman–Crippen LogP) is 5.32. The zero-order chi connectivity index (χ0) is 19.5. The van der Waals surface area contributed by atoms with E-state index in [0.29, 0.717) is 29.6 Å². The Labute approximate surface area is 175 Å². The van der Waals surface area contributed by atoms with Crippen LogP contribution in [-0.2, 0) is 16.2 Å². The maximum atomic E-state index is 13.0. The van der Waals surface area contributed by atoms with Crippen LogP contribution in [0.4, 0.5) is 0 Å². The number of hydrogen-bond donors (Lipinski definition) is 0. The Bertz CT molecular complexity index is 878. The first-order valence-corrected chi connectivity index (χ1v) is 10.4.